The van der Waals surface area contributed by atoms with Gasteiger partial charge in [-0.05, 0) is 42.3 Å². The van der Waals surface area contributed by atoms with Gasteiger partial charge in [-0.15, -0.1) is 0 Å². The van der Waals surface area contributed by atoms with E-state index in [1.54, 1.807) is 20.3 Å². The van der Waals surface area contributed by atoms with E-state index in [9.17, 15) is 4.39 Å². The molecule has 1 unspecified atom stereocenters. The van der Waals surface area contributed by atoms with Crippen molar-refractivity contribution in [3.8, 4) is 11.5 Å². The minimum absolute atomic E-state index is 0.308. The molecule has 0 heterocycles. The van der Waals surface area contributed by atoms with Crippen LogP contribution >= 0.6 is 0 Å². The molecule has 3 nitrogen and oxygen atoms in total. The molecular formula is C17H20FNO2. The highest BCUT2D eigenvalue weighted by Gasteiger charge is 2.31. The summed E-state index contributed by atoms with van der Waals surface area (Å²) < 4.78 is 24.2. The van der Waals surface area contributed by atoms with Gasteiger partial charge in [0.25, 0.3) is 0 Å². The highest BCUT2D eigenvalue weighted by molar-refractivity contribution is 5.49. The van der Waals surface area contributed by atoms with Crippen molar-refractivity contribution in [3.63, 3.8) is 0 Å². The molecule has 0 aliphatic carbocycles. The van der Waals surface area contributed by atoms with Crippen LogP contribution in [-0.4, -0.2) is 14.2 Å². The van der Waals surface area contributed by atoms with E-state index in [-0.39, 0.29) is 5.82 Å². The maximum absolute atomic E-state index is 13.6. The molecule has 2 aromatic rings. The van der Waals surface area contributed by atoms with Crippen molar-refractivity contribution in [2.24, 2.45) is 5.73 Å². The van der Waals surface area contributed by atoms with Crippen LogP contribution in [0.25, 0.3) is 0 Å². The Labute approximate surface area is 124 Å². The summed E-state index contributed by atoms with van der Waals surface area (Å²) in [6, 6.07) is 11.8. The third-order valence-corrected chi connectivity index (χ3v) is 3.78. The quantitative estimate of drug-likeness (QED) is 0.917. The van der Waals surface area contributed by atoms with Gasteiger partial charge in [0, 0.05) is 5.56 Å². The molecular weight excluding hydrogens is 269 g/mol. The molecule has 0 spiro atoms. The number of benzene rings is 2. The van der Waals surface area contributed by atoms with E-state index in [0.717, 1.165) is 5.56 Å². The Bertz CT molecular complexity index is 630. The number of halogens is 1. The SMILES string of the molecule is CCC(N)(c1cccc(F)c1)c1cc(OC)ccc1OC. The van der Waals surface area contributed by atoms with Gasteiger partial charge in [-0.1, -0.05) is 19.1 Å². The molecule has 0 saturated heterocycles. The van der Waals surface area contributed by atoms with E-state index in [2.05, 4.69) is 0 Å². The fourth-order valence-corrected chi connectivity index (χ4v) is 2.48. The van der Waals surface area contributed by atoms with Gasteiger partial charge in [0.05, 0.1) is 19.8 Å². The van der Waals surface area contributed by atoms with E-state index >= 15 is 0 Å². The maximum atomic E-state index is 13.6. The summed E-state index contributed by atoms with van der Waals surface area (Å²) in [7, 11) is 3.19. The maximum Gasteiger partial charge on any atom is 0.124 e. The third kappa shape index (κ3) is 2.85. The first-order valence-electron chi connectivity index (χ1n) is 6.82. The van der Waals surface area contributed by atoms with Crippen LogP contribution in [0.3, 0.4) is 0 Å². The van der Waals surface area contributed by atoms with Crippen molar-refractivity contribution < 1.29 is 13.9 Å². The molecule has 112 valence electrons. The Morgan fingerprint density at radius 3 is 2.43 bits per heavy atom. The molecule has 0 aromatic heterocycles. The highest BCUT2D eigenvalue weighted by Crippen LogP contribution is 2.38. The van der Waals surface area contributed by atoms with Crippen molar-refractivity contribution in [2.45, 2.75) is 18.9 Å². The predicted octanol–water partition coefficient (Wildman–Crippen LogP) is 3.46. The Morgan fingerprint density at radius 1 is 1.10 bits per heavy atom. The van der Waals surface area contributed by atoms with E-state index in [1.165, 1.54) is 12.1 Å². The zero-order valence-electron chi connectivity index (χ0n) is 12.5. The Kier molecular flexibility index (Phi) is 4.48. The second-order valence-corrected chi connectivity index (χ2v) is 4.90. The zero-order chi connectivity index (χ0) is 15.5. The van der Waals surface area contributed by atoms with Gasteiger partial charge < -0.3 is 15.2 Å². The van der Waals surface area contributed by atoms with Gasteiger partial charge in [-0.2, -0.15) is 0 Å². The largest absolute Gasteiger partial charge is 0.497 e. The van der Waals surface area contributed by atoms with Gasteiger partial charge in [-0.25, -0.2) is 4.39 Å². The Morgan fingerprint density at radius 2 is 1.86 bits per heavy atom. The van der Waals surface area contributed by atoms with Crippen molar-refractivity contribution in [1.29, 1.82) is 0 Å². The molecule has 2 N–H and O–H groups in total. The van der Waals surface area contributed by atoms with E-state index in [1.807, 2.05) is 31.2 Å². The zero-order valence-corrected chi connectivity index (χ0v) is 12.5. The number of hydrogen-bond donors (Lipinski definition) is 1. The van der Waals surface area contributed by atoms with Crippen LogP contribution in [0.15, 0.2) is 42.5 Å². The number of methoxy groups -OCH3 is 2. The monoisotopic (exact) mass is 289 g/mol. The van der Waals surface area contributed by atoms with Gasteiger partial charge in [0.15, 0.2) is 0 Å². The van der Waals surface area contributed by atoms with Gasteiger partial charge >= 0.3 is 0 Å². The molecule has 0 saturated carbocycles. The van der Waals surface area contributed by atoms with Crippen LogP contribution in [0.2, 0.25) is 0 Å². The first-order chi connectivity index (χ1) is 10.0. The van der Waals surface area contributed by atoms with Crippen LogP contribution in [0.4, 0.5) is 4.39 Å². The van der Waals surface area contributed by atoms with Gasteiger partial charge in [0.1, 0.15) is 17.3 Å². The van der Waals surface area contributed by atoms with E-state index in [0.29, 0.717) is 23.5 Å². The lowest BCUT2D eigenvalue weighted by molar-refractivity contribution is 0.382. The summed E-state index contributed by atoms with van der Waals surface area (Å²) >= 11 is 0. The standard InChI is InChI=1S/C17H20FNO2/c1-4-17(19,12-6-5-7-13(18)10-12)15-11-14(20-2)8-9-16(15)21-3/h5-11H,4,19H2,1-3H3. The van der Waals surface area contributed by atoms with Crippen molar-refractivity contribution in [2.75, 3.05) is 14.2 Å². The van der Waals surface area contributed by atoms with Crippen LogP contribution in [-0.2, 0) is 5.54 Å². The van der Waals surface area contributed by atoms with Gasteiger partial charge in [-0.3, -0.25) is 0 Å². The fourth-order valence-electron chi connectivity index (χ4n) is 2.48. The first kappa shape index (κ1) is 15.3. The topological polar surface area (TPSA) is 44.5 Å². The van der Waals surface area contributed by atoms with Crippen LogP contribution in [0.1, 0.15) is 24.5 Å². The number of nitrogens with two attached hydrogens (primary N) is 1. The van der Waals surface area contributed by atoms with Crippen LogP contribution < -0.4 is 15.2 Å². The lowest BCUT2D eigenvalue weighted by Crippen LogP contribution is -2.37. The third-order valence-electron chi connectivity index (χ3n) is 3.78. The Hall–Kier alpha value is -2.07. The summed E-state index contributed by atoms with van der Waals surface area (Å²) in [5.41, 5.74) is 7.24. The summed E-state index contributed by atoms with van der Waals surface area (Å²) in [6.07, 6.45) is 0.597. The average molecular weight is 289 g/mol. The smallest absolute Gasteiger partial charge is 0.124 e. The summed E-state index contributed by atoms with van der Waals surface area (Å²) in [4.78, 5) is 0. The minimum Gasteiger partial charge on any atom is -0.497 e. The van der Waals surface area contributed by atoms with Crippen LogP contribution in [0, 0.1) is 5.82 Å². The van der Waals surface area contributed by atoms with Gasteiger partial charge in [0.2, 0.25) is 0 Å². The molecule has 1 atom stereocenters. The number of rotatable bonds is 5. The molecule has 2 aromatic carbocycles. The second kappa shape index (κ2) is 6.14. The molecule has 0 bridgehead atoms. The predicted molar refractivity (Wildman–Crippen MR) is 81.2 cm³/mol. The summed E-state index contributed by atoms with van der Waals surface area (Å²) in [6.45, 7) is 1.96. The van der Waals surface area contributed by atoms with E-state index < -0.39 is 5.54 Å². The van der Waals surface area contributed by atoms with Crippen molar-refractivity contribution >= 4 is 0 Å². The molecule has 0 radical (unpaired) electrons. The minimum atomic E-state index is -0.845. The number of hydrogen-bond acceptors (Lipinski definition) is 3. The molecule has 4 heteroatoms. The fraction of sp³-hybridized carbons (Fsp3) is 0.294. The normalized spacial score (nSPS) is 13.6. The second-order valence-electron chi connectivity index (χ2n) is 4.90. The van der Waals surface area contributed by atoms with Crippen molar-refractivity contribution in [1.82, 2.24) is 0 Å². The van der Waals surface area contributed by atoms with Crippen LogP contribution in [0.5, 0.6) is 11.5 Å². The molecule has 0 amide bonds. The average Bonchev–Trinajstić information content (AvgIpc) is 2.53. The summed E-state index contributed by atoms with van der Waals surface area (Å²) in [5.74, 6) is 1.03. The number of ether oxygens (including phenoxy) is 2. The Balaban J connectivity index is 2.64. The summed E-state index contributed by atoms with van der Waals surface area (Å²) in [5, 5.41) is 0. The molecule has 0 aliphatic rings. The first-order valence-corrected chi connectivity index (χ1v) is 6.82. The molecule has 21 heavy (non-hydrogen) atoms. The highest BCUT2D eigenvalue weighted by atomic mass is 19.1. The lowest BCUT2D eigenvalue weighted by atomic mass is 9.81. The van der Waals surface area contributed by atoms with E-state index in [4.69, 9.17) is 15.2 Å². The molecule has 0 aliphatic heterocycles. The molecule has 2 rings (SSSR count). The molecule has 0 fully saturated rings. The van der Waals surface area contributed by atoms with Crippen molar-refractivity contribution in [3.05, 3.63) is 59.4 Å². The lowest BCUT2D eigenvalue weighted by Gasteiger charge is -2.31.